The first-order valence-corrected chi connectivity index (χ1v) is 8.65. The van der Waals surface area contributed by atoms with Crippen molar-refractivity contribution in [1.29, 1.82) is 0 Å². The number of fused-ring (bicyclic) bond motifs is 1. The number of likely N-dealkylation sites (N-methyl/N-ethyl adjacent to an activating group) is 1. The Morgan fingerprint density at radius 2 is 1.76 bits per heavy atom. The second-order valence-electron chi connectivity index (χ2n) is 7.53. The zero-order chi connectivity index (χ0) is 18.0. The fourth-order valence-corrected chi connectivity index (χ4v) is 3.32. The highest BCUT2D eigenvalue weighted by Gasteiger charge is 2.32. The van der Waals surface area contributed by atoms with Gasteiger partial charge in [-0.2, -0.15) is 0 Å². The van der Waals surface area contributed by atoms with Crippen LogP contribution in [0.15, 0.2) is 30.6 Å². The quantitative estimate of drug-likeness (QED) is 0.853. The number of anilines is 1. The van der Waals surface area contributed by atoms with Crippen LogP contribution in [0.5, 0.6) is 0 Å². The fraction of sp³-hybridized carbons (Fsp3) is 0.474. The number of hydrogen-bond donors (Lipinski definition) is 1. The van der Waals surface area contributed by atoms with Crippen molar-refractivity contribution >= 4 is 28.5 Å². The molecule has 25 heavy (non-hydrogen) atoms. The van der Waals surface area contributed by atoms with Crippen LogP contribution in [0.1, 0.15) is 39.5 Å². The molecule has 1 N–H and O–H groups in total. The van der Waals surface area contributed by atoms with Crippen LogP contribution in [0.3, 0.4) is 0 Å². The Hall–Kier alpha value is -2.50. The van der Waals surface area contributed by atoms with Gasteiger partial charge in [0.05, 0.1) is 11.0 Å². The van der Waals surface area contributed by atoms with Crippen LogP contribution < -0.4 is 5.32 Å². The molecule has 1 aliphatic carbocycles. The molecule has 1 aliphatic rings. The Bertz CT molecular complexity index is 793. The Morgan fingerprint density at radius 3 is 2.44 bits per heavy atom. The molecular formula is C19H24N4O2. The van der Waals surface area contributed by atoms with Crippen LogP contribution in [0.2, 0.25) is 0 Å². The molecule has 0 unspecified atom stereocenters. The van der Waals surface area contributed by atoms with Gasteiger partial charge in [0.1, 0.15) is 0 Å². The maximum absolute atomic E-state index is 12.5. The largest absolute Gasteiger partial charge is 0.335 e. The van der Waals surface area contributed by atoms with E-state index < -0.39 is 11.8 Å². The van der Waals surface area contributed by atoms with Crippen LogP contribution in [0.4, 0.5) is 5.69 Å². The molecule has 1 aromatic heterocycles. The van der Waals surface area contributed by atoms with Crippen molar-refractivity contribution < 1.29 is 9.59 Å². The van der Waals surface area contributed by atoms with Crippen molar-refractivity contribution in [2.75, 3.05) is 12.4 Å². The van der Waals surface area contributed by atoms with Gasteiger partial charge in [-0.15, -0.1) is 0 Å². The first-order chi connectivity index (χ1) is 11.9. The van der Waals surface area contributed by atoms with E-state index in [1.54, 1.807) is 42.5 Å². The minimum atomic E-state index is -0.615. The molecule has 132 valence electrons. The van der Waals surface area contributed by atoms with Crippen molar-refractivity contribution in [3.8, 4) is 0 Å². The van der Waals surface area contributed by atoms with Crippen molar-refractivity contribution in [2.24, 2.45) is 5.41 Å². The number of rotatable bonds is 2. The Labute approximate surface area is 147 Å². The van der Waals surface area contributed by atoms with Crippen LogP contribution >= 0.6 is 0 Å². The molecule has 6 heteroatoms. The number of nitrogens with one attached hydrogen (secondary N) is 1. The van der Waals surface area contributed by atoms with Crippen LogP contribution in [0.25, 0.3) is 11.0 Å². The highest BCUT2D eigenvalue weighted by Crippen LogP contribution is 2.36. The van der Waals surface area contributed by atoms with Gasteiger partial charge in [-0.05, 0) is 49.3 Å². The maximum atomic E-state index is 12.5. The Balaban J connectivity index is 1.64. The normalized spacial score (nSPS) is 17.2. The van der Waals surface area contributed by atoms with Gasteiger partial charge in [-0.25, -0.2) is 0 Å². The highest BCUT2D eigenvalue weighted by atomic mass is 16.2. The molecule has 1 heterocycles. The molecule has 0 spiro atoms. The molecule has 2 aromatic rings. The maximum Gasteiger partial charge on any atom is 0.313 e. The summed E-state index contributed by atoms with van der Waals surface area (Å²) in [4.78, 5) is 34.8. The minimum absolute atomic E-state index is 0.133. The topological polar surface area (TPSA) is 75.2 Å². The lowest BCUT2D eigenvalue weighted by atomic mass is 9.75. The lowest BCUT2D eigenvalue weighted by Gasteiger charge is -2.38. The van der Waals surface area contributed by atoms with E-state index in [0.29, 0.717) is 16.6 Å². The molecule has 1 fully saturated rings. The highest BCUT2D eigenvalue weighted by molar-refractivity contribution is 6.39. The summed E-state index contributed by atoms with van der Waals surface area (Å²) in [6.07, 6.45) is 7.23. The number of aromatic nitrogens is 2. The molecule has 0 aliphatic heterocycles. The van der Waals surface area contributed by atoms with Crippen molar-refractivity contribution in [1.82, 2.24) is 14.9 Å². The first kappa shape index (κ1) is 17.3. The number of carbonyl (C=O) groups is 2. The van der Waals surface area contributed by atoms with Gasteiger partial charge in [0.15, 0.2) is 0 Å². The summed E-state index contributed by atoms with van der Waals surface area (Å²) in [5, 5.41) is 2.67. The molecule has 2 amide bonds. The van der Waals surface area contributed by atoms with Gasteiger partial charge in [0.2, 0.25) is 0 Å². The third kappa shape index (κ3) is 3.95. The van der Waals surface area contributed by atoms with Gasteiger partial charge in [0, 0.05) is 31.2 Å². The van der Waals surface area contributed by atoms with Crippen LogP contribution in [0, 0.1) is 5.41 Å². The average molecular weight is 340 g/mol. The van der Waals surface area contributed by atoms with E-state index in [0.717, 1.165) is 31.2 Å². The van der Waals surface area contributed by atoms with Crippen LogP contribution in [-0.4, -0.2) is 39.8 Å². The number of nitrogens with zero attached hydrogens (tertiary/aromatic N) is 3. The van der Waals surface area contributed by atoms with Gasteiger partial charge in [-0.1, -0.05) is 13.8 Å². The van der Waals surface area contributed by atoms with Gasteiger partial charge >= 0.3 is 11.8 Å². The van der Waals surface area contributed by atoms with E-state index in [1.165, 1.54) is 0 Å². The molecule has 1 saturated carbocycles. The summed E-state index contributed by atoms with van der Waals surface area (Å²) < 4.78 is 0. The number of hydrogen-bond acceptors (Lipinski definition) is 4. The summed E-state index contributed by atoms with van der Waals surface area (Å²) >= 11 is 0. The zero-order valence-corrected chi connectivity index (χ0v) is 15.0. The second kappa shape index (κ2) is 6.78. The molecule has 6 nitrogen and oxygen atoms in total. The van der Waals surface area contributed by atoms with Gasteiger partial charge in [0.25, 0.3) is 0 Å². The monoisotopic (exact) mass is 340 g/mol. The minimum Gasteiger partial charge on any atom is -0.335 e. The number of amides is 2. The molecule has 0 atom stereocenters. The third-order valence-corrected chi connectivity index (χ3v) is 5.10. The first-order valence-electron chi connectivity index (χ1n) is 8.65. The van der Waals surface area contributed by atoms with E-state index in [9.17, 15) is 9.59 Å². The molecule has 0 saturated heterocycles. The van der Waals surface area contributed by atoms with E-state index in [-0.39, 0.29) is 6.04 Å². The third-order valence-electron chi connectivity index (χ3n) is 5.10. The van der Waals surface area contributed by atoms with E-state index in [1.807, 2.05) is 0 Å². The summed E-state index contributed by atoms with van der Waals surface area (Å²) in [6.45, 7) is 4.50. The standard InChI is InChI=1S/C19H24N4O2/c1-19(2)8-6-14(7-9-19)23(3)18(25)17(24)22-13-4-5-15-16(12-13)21-11-10-20-15/h4-5,10-12,14H,6-9H2,1-3H3,(H,22,24). The summed E-state index contributed by atoms with van der Waals surface area (Å²) in [6, 6.07) is 5.35. The fourth-order valence-electron chi connectivity index (χ4n) is 3.32. The van der Waals surface area contributed by atoms with Crippen LogP contribution in [-0.2, 0) is 9.59 Å². The van der Waals surface area contributed by atoms with Crippen molar-refractivity contribution in [3.63, 3.8) is 0 Å². The van der Waals surface area contributed by atoms with E-state index >= 15 is 0 Å². The Morgan fingerprint density at radius 1 is 1.12 bits per heavy atom. The molecule has 0 bridgehead atoms. The summed E-state index contributed by atoms with van der Waals surface area (Å²) in [7, 11) is 1.72. The lowest BCUT2D eigenvalue weighted by Crippen LogP contribution is -2.45. The summed E-state index contributed by atoms with van der Waals surface area (Å²) in [5.41, 5.74) is 2.29. The SMILES string of the molecule is CN(C(=O)C(=O)Nc1ccc2nccnc2c1)C1CCC(C)(C)CC1. The Kier molecular flexibility index (Phi) is 4.70. The van der Waals surface area contributed by atoms with E-state index in [4.69, 9.17) is 0 Å². The predicted octanol–water partition coefficient (Wildman–Crippen LogP) is 3.00. The summed E-state index contributed by atoms with van der Waals surface area (Å²) in [5.74, 6) is -1.11. The van der Waals surface area contributed by atoms with Gasteiger partial charge in [-0.3, -0.25) is 19.6 Å². The molecular weight excluding hydrogens is 316 g/mol. The number of carbonyl (C=O) groups excluding carboxylic acids is 2. The lowest BCUT2D eigenvalue weighted by molar-refractivity contribution is -0.144. The van der Waals surface area contributed by atoms with Crippen molar-refractivity contribution in [3.05, 3.63) is 30.6 Å². The zero-order valence-electron chi connectivity index (χ0n) is 15.0. The van der Waals surface area contributed by atoms with Crippen molar-refractivity contribution in [2.45, 2.75) is 45.6 Å². The smallest absolute Gasteiger partial charge is 0.313 e. The molecule has 0 radical (unpaired) electrons. The second-order valence-corrected chi connectivity index (χ2v) is 7.53. The van der Waals surface area contributed by atoms with Gasteiger partial charge < -0.3 is 10.2 Å². The average Bonchev–Trinajstić information content (AvgIpc) is 2.60. The molecule has 1 aromatic carbocycles. The predicted molar refractivity (Wildman–Crippen MR) is 97.0 cm³/mol. The number of benzene rings is 1. The molecule has 3 rings (SSSR count). The van der Waals surface area contributed by atoms with E-state index in [2.05, 4.69) is 29.1 Å².